The highest BCUT2D eigenvalue weighted by Gasteiger charge is 2.09. The molecule has 108 valence electrons. The number of benzene rings is 1. The number of para-hydroxylation sites is 1. The first-order valence-corrected chi connectivity index (χ1v) is 6.88. The molecule has 2 heterocycles. The maximum Gasteiger partial charge on any atom is 0.169 e. The summed E-state index contributed by atoms with van der Waals surface area (Å²) in [6.07, 6.45) is 1.71. The van der Waals surface area contributed by atoms with Crippen LogP contribution in [-0.2, 0) is 13.1 Å². The maximum atomic E-state index is 4.41. The predicted octanol–water partition coefficient (Wildman–Crippen LogP) is 1.80. The molecule has 1 aromatic carbocycles. The minimum Gasteiger partial charge on any atom is -0.362 e. The van der Waals surface area contributed by atoms with Crippen LogP contribution in [0.4, 0.5) is 5.82 Å². The van der Waals surface area contributed by atoms with Gasteiger partial charge in [-0.1, -0.05) is 23.4 Å². The Morgan fingerprint density at radius 3 is 2.76 bits per heavy atom. The minimum atomic E-state index is 0.625. The number of nitrogens with zero attached hydrogens (tertiary/aromatic N) is 6. The number of rotatable bonds is 5. The van der Waals surface area contributed by atoms with Gasteiger partial charge in [-0.3, -0.25) is 0 Å². The summed E-state index contributed by atoms with van der Waals surface area (Å²) in [5.74, 6) is 0.724. The number of aromatic nitrogens is 6. The summed E-state index contributed by atoms with van der Waals surface area (Å²) in [6, 6.07) is 9.81. The Bertz CT molecular complexity index is 714. The molecule has 0 aliphatic carbocycles. The molecule has 3 rings (SSSR count). The number of hydrogen-bond acceptors (Lipinski definition) is 5. The highest BCUT2D eigenvalue weighted by atomic mass is 15.5. The zero-order chi connectivity index (χ0) is 14.7. The molecule has 21 heavy (non-hydrogen) atoms. The second kappa shape index (κ2) is 5.74. The summed E-state index contributed by atoms with van der Waals surface area (Å²) < 4.78 is 1.88. The number of nitrogens with one attached hydrogen (secondary N) is 1. The van der Waals surface area contributed by atoms with E-state index >= 15 is 0 Å². The summed E-state index contributed by atoms with van der Waals surface area (Å²) >= 11 is 0. The van der Waals surface area contributed by atoms with Crippen molar-refractivity contribution in [2.24, 2.45) is 0 Å². The summed E-state index contributed by atoms with van der Waals surface area (Å²) in [6.45, 7) is 5.43. The minimum absolute atomic E-state index is 0.625. The Morgan fingerprint density at radius 1 is 1.19 bits per heavy atom. The topological polar surface area (TPSA) is 73.5 Å². The third-order valence-electron chi connectivity index (χ3n) is 3.25. The molecule has 7 heteroatoms. The van der Waals surface area contributed by atoms with Gasteiger partial charge in [0.2, 0.25) is 0 Å². The molecule has 1 N–H and O–H groups in total. The lowest BCUT2D eigenvalue weighted by molar-refractivity contribution is 0.601. The van der Waals surface area contributed by atoms with Gasteiger partial charge in [-0.05, 0) is 26.0 Å². The normalized spacial score (nSPS) is 10.8. The molecule has 3 aromatic rings. The largest absolute Gasteiger partial charge is 0.362 e. The van der Waals surface area contributed by atoms with Gasteiger partial charge in [-0.2, -0.15) is 5.10 Å². The van der Waals surface area contributed by atoms with Gasteiger partial charge in [-0.15, -0.1) is 15.0 Å². The smallest absolute Gasteiger partial charge is 0.169 e. The molecule has 0 spiro atoms. The van der Waals surface area contributed by atoms with E-state index in [0.717, 1.165) is 29.4 Å². The van der Waals surface area contributed by atoms with Crippen LogP contribution in [0.5, 0.6) is 0 Å². The third kappa shape index (κ3) is 2.76. The van der Waals surface area contributed by atoms with E-state index in [1.165, 1.54) is 0 Å². The highest BCUT2D eigenvalue weighted by molar-refractivity contribution is 5.35. The second-order valence-electron chi connectivity index (χ2n) is 4.65. The molecule has 0 atom stereocenters. The van der Waals surface area contributed by atoms with Crippen molar-refractivity contribution < 1.29 is 0 Å². The van der Waals surface area contributed by atoms with Crippen LogP contribution in [0.15, 0.2) is 36.5 Å². The van der Waals surface area contributed by atoms with E-state index in [1.54, 1.807) is 11.0 Å². The van der Waals surface area contributed by atoms with Gasteiger partial charge < -0.3 is 5.32 Å². The van der Waals surface area contributed by atoms with Crippen LogP contribution in [0.1, 0.15) is 18.3 Å². The molecular formula is C14H17N7. The maximum absolute atomic E-state index is 4.41. The predicted molar refractivity (Wildman–Crippen MR) is 79.1 cm³/mol. The van der Waals surface area contributed by atoms with E-state index in [4.69, 9.17) is 0 Å². The fraction of sp³-hybridized carbons (Fsp3) is 0.286. The van der Waals surface area contributed by atoms with Crippen molar-refractivity contribution >= 4 is 5.82 Å². The highest BCUT2D eigenvalue weighted by Crippen LogP contribution is 2.10. The van der Waals surface area contributed by atoms with Crippen LogP contribution in [0.3, 0.4) is 0 Å². The van der Waals surface area contributed by atoms with Crippen LogP contribution >= 0.6 is 0 Å². The van der Waals surface area contributed by atoms with Crippen molar-refractivity contribution in [3.63, 3.8) is 0 Å². The molecule has 0 bridgehead atoms. The van der Waals surface area contributed by atoms with Crippen molar-refractivity contribution in [1.82, 2.24) is 30.0 Å². The van der Waals surface area contributed by atoms with E-state index < -0.39 is 0 Å². The lowest BCUT2D eigenvalue weighted by Crippen LogP contribution is -2.09. The van der Waals surface area contributed by atoms with Gasteiger partial charge in [0.25, 0.3) is 0 Å². The standard InChI is InChI=1S/C14H17N7/c1-3-20-13(11(2)17-19-20)9-15-14-10-16-21(18-14)12-7-5-4-6-8-12/h4-8,10H,3,9H2,1-2H3,(H,15,18). The van der Waals surface area contributed by atoms with E-state index in [-0.39, 0.29) is 0 Å². The average molecular weight is 283 g/mol. The molecule has 0 fully saturated rings. The molecule has 7 nitrogen and oxygen atoms in total. The van der Waals surface area contributed by atoms with Crippen LogP contribution in [0, 0.1) is 6.92 Å². The van der Waals surface area contributed by atoms with Gasteiger partial charge in [0, 0.05) is 6.54 Å². The quantitative estimate of drug-likeness (QED) is 0.773. The molecule has 0 amide bonds. The van der Waals surface area contributed by atoms with E-state index in [0.29, 0.717) is 6.54 Å². The first-order valence-electron chi connectivity index (χ1n) is 6.88. The first kappa shape index (κ1) is 13.3. The van der Waals surface area contributed by atoms with E-state index in [2.05, 4.69) is 25.8 Å². The van der Waals surface area contributed by atoms with Gasteiger partial charge in [0.1, 0.15) is 0 Å². The van der Waals surface area contributed by atoms with E-state index in [9.17, 15) is 0 Å². The Balaban J connectivity index is 1.72. The Morgan fingerprint density at radius 2 is 2.00 bits per heavy atom. The molecule has 0 aliphatic heterocycles. The second-order valence-corrected chi connectivity index (χ2v) is 4.65. The summed E-state index contributed by atoms with van der Waals surface area (Å²) in [4.78, 5) is 1.60. The van der Waals surface area contributed by atoms with Crippen molar-refractivity contribution in [2.75, 3.05) is 5.32 Å². The lowest BCUT2D eigenvalue weighted by Gasteiger charge is -2.05. The molecule has 0 unspecified atom stereocenters. The van der Waals surface area contributed by atoms with Crippen LogP contribution in [0.2, 0.25) is 0 Å². The van der Waals surface area contributed by atoms with Gasteiger partial charge in [-0.25, -0.2) is 4.68 Å². The molecular weight excluding hydrogens is 266 g/mol. The fourth-order valence-electron chi connectivity index (χ4n) is 2.10. The summed E-state index contributed by atoms with van der Waals surface area (Å²) in [5.41, 5.74) is 2.92. The number of hydrogen-bond donors (Lipinski definition) is 1. The van der Waals surface area contributed by atoms with Crippen LogP contribution < -0.4 is 5.32 Å². The molecule has 2 aromatic heterocycles. The van der Waals surface area contributed by atoms with Crippen molar-refractivity contribution in [1.29, 1.82) is 0 Å². The summed E-state index contributed by atoms with van der Waals surface area (Å²) in [5, 5.41) is 20.1. The average Bonchev–Trinajstić information content (AvgIpc) is 3.13. The Hall–Kier alpha value is -2.70. The fourth-order valence-corrected chi connectivity index (χ4v) is 2.10. The van der Waals surface area contributed by atoms with Gasteiger partial charge >= 0.3 is 0 Å². The van der Waals surface area contributed by atoms with Crippen LogP contribution in [-0.4, -0.2) is 30.0 Å². The Kier molecular flexibility index (Phi) is 3.63. The summed E-state index contributed by atoms with van der Waals surface area (Å²) in [7, 11) is 0. The Labute approximate surface area is 122 Å². The first-order chi connectivity index (χ1) is 10.3. The molecule has 0 aliphatic rings. The molecule has 0 saturated carbocycles. The number of aryl methyl sites for hydroxylation is 2. The monoisotopic (exact) mass is 283 g/mol. The van der Waals surface area contributed by atoms with Crippen molar-refractivity contribution in [3.05, 3.63) is 47.9 Å². The third-order valence-corrected chi connectivity index (χ3v) is 3.25. The van der Waals surface area contributed by atoms with E-state index in [1.807, 2.05) is 48.9 Å². The van der Waals surface area contributed by atoms with Crippen molar-refractivity contribution in [3.8, 4) is 5.69 Å². The zero-order valence-corrected chi connectivity index (χ0v) is 12.1. The van der Waals surface area contributed by atoms with Crippen molar-refractivity contribution in [2.45, 2.75) is 26.9 Å². The lowest BCUT2D eigenvalue weighted by atomic mass is 10.3. The van der Waals surface area contributed by atoms with Crippen LogP contribution in [0.25, 0.3) is 5.69 Å². The zero-order valence-electron chi connectivity index (χ0n) is 12.1. The van der Waals surface area contributed by atoms with Gasteiger partial charge in [0.15, 0.2) is 5.82 Å². The molecule has 0 saturated heterocycles. The number of anilines is 1. The SMILES string of the molecule is CCn1nnc(C)c1CNc1cnn(-c2ccccc2)n1. The molecule has 0 radical (unpaired) electrons. The van der Waals surface area contributed by atoms with Gasteiger partial charge in [0.05, 0.1) is 29.8 Å².